The van der Waals surface area contributed by atoms with Gasteiger partial charge in [-0.15, -0.1) is 0 Å². The van der Waals surface area contributed by atoms with Crippen molar-refractivity contribution in [2.75, 3.05) is 23.3 Å². The number of hydrogen-bond acceptors (Lipinski definition) is 4. The van der Waals surface area contributed by atoms with Crippen LogP contribution in [-0.4, -0.2) is 29.2 Å². The van der Waals surface area contributed by atoms with Crippen LogP contribution < -0.4 is 10.2 Å². The molecule has 1 amide bonds. The minimum atomic E-state index is -0.0963. The number of rotatable bonds is 3. The van der Waals surface area contributed by atoms with E-state index in [1.165, 1.54) is 0 Å². The average Bonchev–Trinajstić information content (AvgIpc) is 2.73. The van der Waals surface area contributed by atoms with Gasteiger partial charge < -0.3 is 20.4 Å². The van der Waals surface area contributed by atoms with Crippen LogP contribution in [0.2, 0.25) is 0 Å². The van der Waals surface area contributed by atoms with Crippen molar-refractivity contribution in [3.05, 3.63) is 47.5 Å². The van der Waals surface area contributed by atoms with E-state index in [0.29, 0.717) is 5.69 Å². The Kier molecular flexibility index (Phi) is 4.60. The minimum Gasteiger partial charge on any atom is -0.508 e. The van der Waals surface area contributed by atoms with E-state index in [2.05, 4.69) is 10.2 Å². The molecule has 0 fully saturated rings. The Morgan fingerprint density at radius 2 is 2.00 bits per heavy atom. The third-order valence-electron chi connectivity index (χ3n) is 4.34. The largest absolute Gasteiger partial charge is 0.508 e. The molecular weight excluding hydrogens is 304 g/mol. The van der Waals surface area contributed by atoms with E-state index in [0.717, 1.165) is 42.6 Å². The summed E-state index contributed by atoms with van der Waals surface area (Å²) < 4.78 is 0. The van der Waals surface area contributed by atoms with Gasteiger partial charge in [-0.25, -0.2) is 0 Å². The molecule has 5 heteroatoms. The fourth-order valence-corrected chi connectivity index (χ4v) is 3.09. The van der Waals surface area contributed by atoms with Gasteiger partial charge in [-0.1, -0.05) is 0 Å². The van der Waals surface area contributed by atoms with E-state index >= 15 is 0 Å². The zero-order chi connectivity index (χ0) is 17.1. The predicted molar refractivity (Wildman–Crippen MR) is 94.7 cm³/mol. The second kappa shape index (κ2) is 6.83. The number of nitrogens with one attached hydrogen (secondary N) is 1. The molecule has 0 spiro atoms. The summed E-state index contributed by atoms with van der Waals surface area (Å²) in [4.78, 5) is 14.5. The second-order valence-electron chi connectivity index (χ2n) is 6.24. The summed E-state index contributed by atoms with van der Waals surface area (Å²) in [6.07, 6.45) is 2.98. The fourth-order valence-electron chi connectivity index (χ4n) is 3.09. The van der Waals surface area contributed by atoms with Crippen molar-refractivity contribution in [1.82, 2.24) is 0 Å². The summed E-state index contributed by atoms with van der Waals surface area (Å²) >= 11 is 0. The quantitative estimate of drug-likeness (QED) is 0.758. The number of carbonyl (C=O) groups excluding carboxylic acids is 1. The molecule has 1 heterocycles. The van der Waals surface area contributed by atoms with E-state index < -0.39 is 0 Å². The van der Waals surface area contributed by atoms with Gasteiger partial charge in [0.1, 0.15) is 11.5 Å². The number of carbonyl (C=O) groups is 1. The number of anilines is 2. The van der Waals surface area contributed by atoms with Gasteiger partial charge in [0.2, 0.25) is 5.91 Å². The first kappa shape index (κ1) is 16.2. The number of hydrogen-bond donors (Lipinski definition) is 3. The summed E-state index contributed by atoms with van der Waals surface area (Å²) in [5.41, 5.74) is 3.50. The lowest BCUT2D eigenvalue weighted by Gasteiger charge is -2.24. The van der Waals surface area contributed by atoms with Gasteiger partial charge in [0, 0.05) is 17.9 Å². The molecule has 0 saturated heterocycles. The summed E-state index contributed by atoms with van der Waals surface area (Å²) in [7, 11) is 0. The number of aromatic hydroxyl groups is 2. The molecule has 2 aromatic carbocycles. The summed E-state index contributed by atoms with van der Waals surface area (Å²) in [5, 5.41) is 22.1. The van der Waals surface area contributed by atoms with Gasteiger partial charge >= 0.3 is 0 Å². The molecule has 0 bridgehead atoms. The van der Waals surface area contributed by atoms with E-state index in [4.69, 9.17) is 0 Å². The van der Waals surface area contributed by atoms with Gasteiger partial charge in [0.15, 0.2) is 0 Å². The van der Waals surface area contributed by atoms with Gasteiger partial charge in [0.05, 0.1) is 6.54 Å². The average molecular weight is 326 g/mol. The van der Waals surface area contributed by atoms with Crippen LogP contribution in [0.5, 0.6) is 11.5 Å². The lowest BCUT2D eigenvalue weighted by molar-refractivity contribution is -0.115. The van der Waals surface area contributed by atoms with Crippen LogP contribution in [-0.2, 0) is 11.2 Å². The molecule has 1 aliphatic rings. The third-order valence-corrected chi connectivity index (χ3v) is 4.34. The molecule has 3 N–H and O–H groups in total. The summed E-state index contributed by atoms with van der Waals surface area (Å²) in [6.45, 7) is 2.88. The van der Waals surface area contributed by atoms with Crippen molar-refractivity contribution >= 4 is 17.3 Å². The number of phenolic OH excluding ortho intramolecular Hbond substituents is 2. The van der Waals surface area contributed by atoms with E-state index in [1.54, 1.807) is 37.3 Å². The summed E-state index contributed by atoms with van der Waals surface area (Å²) in [6, 6.07) is 10.4. The monoisotopic (exact) mass is 326 g/mol. The van der Waals surface area contributed by atoms with Crippen LogP contribution in [0.1, 0.15) is 24.0 Å². The maximum absolute atomic E-state index is 12.4. The number of benzene rings is 2. The maximum Gasteiger partial charge on any atom is 0.243 e. The lowest BCUT2D eigenvalue weighted by Crippen LogP contribution is -2.34. The number of phenols is 2. The fraction of sp³-hybridized carbons (Fsp3) is 0.316. The Morgan fingerprint density at radius 3 is 2.79 bits per heavy atom. The molecule has 0 radical (unpaired) electrons. The smallest absolute Gasteiger partial charge is 0.243 e. The normalized spacial score (nSPS) is 14.0. The standard InChI is InChI=1S/C19H22N2O3/c1-13-10-15(5-8-18(13)23)20-19(24)12-21-9-3-2-4-14-11-16(22)6-7-17(14)21/h5-8,10-11,22-23H,2-4,9,12H2,1H3,(H,20,24). The Bertz CT molecular complexity index is 758. The number of fused-ring (bicyclic) bond motifs is 1. The second-order valence-corrected chi connectivity index (χ2v) is 6.24. The van der Waals surface area contributed by atoms with Crippen molar-refractivity contribution in [2.24, 2.45) is 0 Å². The highest BCUT2D eigenvalue weighted by Crippen LogP contribution is 2.29. The van der Waals surface area contributed by atoms with E-state index in [-0.39, 0.29) is 24.0 Å². The first-order valence-corrected chi connectivity index (χ1v) is 8.19. The van der Waals surface area contributed by atoms with Crippen LogP contribution in [0.3, 0.4) is 0 Å². The van der Waals surface area contributed by atoms with Crippen molar-refractivity contribution in [3.63, 3.8) is 0 Å². The molecule has 5 nitrogen and oxygen atoms in total. The molecule has 126 valence electrons. The van der Waals surface area contributed by atoms with Gasteiger partial charge in [-0.2, -0.15) is 0 Å². The molecule has 0 saturated carbocycles. The molecule has 0 aliphatic carbocycles. The third kappa shape index (κ3) is 3.62. The van der Waals surface area contributed by atoms with Crippen molar-refractivity contribution in [1.29, 1.82) is 0 Å². The highest BCUT2D eigenvalue weighted by Gasteiger charge is 2.18. The first-order chi connectivity index (χ1) is 11.5. The van der Waals surface area contributed by atoms with Gasteiger partial charge in [-0.05, 0) is 73.7 Å². The molecule has 1 aliphatic heterocycles. The SMILES string of the molecule is Cc1cc(NC(=O)CN2CCCCc3cc(O)ccc32)ccc1O. The summed E-state index contributed by atoms with van der Waals surface area (Å²) in [5.74, 6) is 0.384. The van der Waals surface area contributed by atoms with Crippen LogP contribution in [0.4, 0.5) is 11.4 Å². The first-order valence-electron chi connectivity index (χ1n) is 8.19. The van der Waals surface area contributed by atoms with Crippen LogP contribution in [0.15, 0.2) is 36.4 Å². The Morgan fingerprint density at radius 1 is 1.17 bits per heavy atom. The topological polar surface area (TPSA) is 72.8 Å². The molecule has 0 aromatic heterocycles. The molecule has 24 heavy (non-hydrogen) atoms. The highest BCUT2D eigenvalue weighted by atomic mass is 16.3. The van der Waals surface area contributed by atoms with Gasteiger partial charge in [-0.3, -0.25) is 4.79 Å². The zero-order valence-electron chi connectivity index (χ0n) is 13.7. The number of amides is 1. The lowest BCUT2D eigenvalue weighted by atomic mass is 10.1. The molecule has 0 unspecified atom stereocenters. The highest BCUT2D eigenvalue weighted by molar-refractivity contribution is 5.94. The van der Waals surface area contributed by atoms with Crippen molar-refractivity contribution in [2.45, 2.75) is 26.2 Å². The molecule has 0 atom stereocenters. The minimum absolute atomic E-state index is 0.0963. The maximum atomic E-state index is 12.4. The van der Waals surface area contributed by atoms with Gasteiger partial charge in [0.25, 0.3) is 0 Å². The number of aryl methyl sites for hydroxylation is 2. The van der Waals surface area contributed by atoms with E-state index in [9.17, 15) is 15.0 Å². The van der Waals surface area contributed by atoms with Crippen molar-refractivity contribution < 1.29 is 15.0 Å². The zero-order valence-corrected chi connectivity index (χ0v) is 13.7. The molecule has 2 aromatic rings. The Hall–Kier alpha value is -2.69. The molecule has 3 rings (SSSR count). The Labute approximate surface area is 141 Å². The van der Waals surface area contributed by atoms with Crippen LogP contribution in [0, 0.1) is 6.92 Å². The number of nitrogens with zero attached hydrogens (tertiary/aromatic N) is 1. The molecular formula is C19H22N2O3. The Balaban J connectivity index is 1.73. The van der Waals surface area contributed by atoms with Crippen LogP contribution in [0.25, 0.3) is 0 Å². The van der Waals surface area contributed by atoms with Crippen LogP contribution >= 0.6 is 0 Å². The van der Waals surface area contributed by atoms with E-state index in [1.807, 2.05) is 6.07 Å². The predicted octanol–water partition coefficient (Wildman–Crippen LogP) is 3.19. The van der Waals surface area contributed by atoms with Crippen molar-refractivity contribution in [3.8, 4) is 11.5 Å².